The van der Waals surface area contributed by atoms with Gasteiger partial charge >= 0.3 is 0 Å². The molecular formula is C12H20N4O2. The molecule has 1 aliphatic carbocycles. The summed E-state index contributed by atoms with van der Waals surface area (Å²) < 4.78 is 11.0. The lowest BCUT2D eigenvalue weighted by Gasteiger charge is -2.34. The molecule has 3 rings (SSSR count). The molecule has 2 heterocycles. The Morgan fingerprint density at radius 2 is 2.33 bits per heavy atom. The Morgan fingerprint density at radius 3 is 3.00 bits per heavy atom. The highest BCUT2D eigenvalue weighted by molar-refractivity contribution is 5.08. The van der Waals surface area contributed by atoms with E-state index in [1.807, 2.05) is 0 Å². The summed E-state index contributed by atoms with van der Waals surface area (Å²) in [4.78, 5) is 6.77. The molecule has 2 aliphatic rings. The first-order chi connectivity index (χ1) is 8.71. The van der Waals surface area contributed by atoms with E-state index >= 15 is 0 Å². The molecule has 0 bridgehead atoms. The third-order valence-electron chi connectivity index (χ3n) is 4.00. The van der Waals surface area contributed by atoms with Crippen molar-refractivity contribution in [1.82, 2.24) is 15.0 Å². The summed E-state index contributed by atoms with van der Waals surface area (Å²) in [5.41, 5.74) is 5.79. The van der Waals surface area contributed by atoms with E-state index in [0.29, 0.717) is 11.7 Å². The maximum atomic E-state index is 6.17. The van der Waals surface area contributed by atoms with Crippen LogP contribution in [0.1, 0.15) is 44.0 Å². The Morgan fingerprint density at radius 1 is 1.50 bits per heavy atom. The fourth-order valence-corrected chi connectivity index (χ4v) is 2.49. The van der Waals surface area contributed by atoms with E-state index in [2.05, 4.69) is 22.0 Å². The van der Waals surface area contributed by atoms with Gasteiger partial charge < -0.3 is 15.0 Å². The Hall–Kier alpha value is -0.980. The highest BCUT2D eigenvalue weighted by Crippen LogP contribution is 2.38. The Labute approximate surface area is 106 Å². The maximum Gasteiger partial charge on any atom is 0.246 e. The number of nitrogens with zero attached hydrogens (tertiary/aromatic N) is 3. The normalized spacial score (nSPS) is 28.0. The molecule has 100 valence electrons. The molecule has 1 aliphatic heterocycles. The van der Waals surface area contributed by atoms with Crippen molar-refractivity contribution >= 4 is 0 Å². The van der Waals surface area contributed by atoms with Crippen LogP contribution in [0.5, 0.6) is 0 Å². The molecule has 2 fully saturated rings. The number of ether oxygens (including phenoxy) is 1. The summed E-state index contributed by atoms with van der Waals surface area (Å²) >= 11 is 0. The highest BCUT2D eigenvalue weighted by atomic mass is 16.5. The van der Waals surface area contributed by atoms with Gasteiger partial charge in [0.2, 0.25) is 11.7 Å². The van der Waals surface area contributed by atoms with E-state index in [0.717, 1.165) is 45.5 Å². The van der Waals surface area contributed by atoms with Crippen molar-refractivity contribution in [2.45, 2.75) is 37.8 Å². The van der Waals surface area contributed by atoms with E-state index in [1.165, 1.54) is 0 Å². The molecule has 6 nitrogen and oxygen atoms in total. The summed E-state index contributed by atoms with van der Waals surface area (Å²) in [6, 6.07) is 0. The minimum atomic E-state index is -0.385. The Kier molecular flexibility index (Phi) is 3.09. The molecule has 6 heteroatoms. The van der Waals surface area contributed by atoms with Crippen LogP contribution in [0, 0.1) is 0 Å². The van der Waals surface area contributed by atoms with Crippen molar-refractivity contribution < 1.29 is 9.26 Å². The predicted octanol–water partition coefficient (Wildman–Crippen LogP) is 0.801. The van der Waals surface area contributed by atoms with Crippen LogP contribution in [0.25, 0.3) is 0 Å². The molecular weight excluding hydrogens is 232 g/mol. The number of hydrogen-bond donors (Lipinski definition) is 1. The lowest BCUT2D eigenvalue weighted by Crippen LogP contribution is -2.43. The SMILES string of the molecule is CCN1CCOC(c2noc(C3(N)CCC3)n2)C1. The Balaban J connectivity index is 1.72. The zero-order chi connectivity index (χ0) is 12.6. The molecule has 1 unspecified atom stereocenters. The second kappa shape index (κ2) is 4.60. The molecule has 1 saturated carbocycles. The fourth-order valence-electron chi connectivity index (χ4n) is 2.49. The van der Waals surface area contributed by atoms with Gasteiger partial charge in [0.15, 0.2) is 0 Å². The minimum absolute atomic E-state index is 0.0834. The number of aromatic nitrogens is 2. The topological polar surface area (TPSA) is 77.4 Å². The quantitative estimate of drug-likeness (QED) is 0.857. The van der Waals surface area contributed by atoms with Gasteiger partial charge in [-0.1, -0.05) is 12.1 Å². The first-order valence-electron chi connectivity index (χ1n) is 6.68. The molecule has 1 saturated heterocycles. The molecule has 2 N–H and O–H groups in total. The monoisotopic (exact) mass is 252 g/mol. The molecule has 0 radical (unpaired) electrons. The van der Waals surface area contributed by atoms with Gasteiger partial charge in [-0.15, -0.1) is 0 Å². The largest absolute Gasteiger partial charge is 0.367 e. The van der Waals surface area contributed by atoms with Crippen molar-refractivity contribution in [3.8, 4) is 0 Å². The van der Waals surface area contributed by atoms with Crippen molar-refractivity contribution in [3.63, 3.8) is 0 Å². The van der Waals surface area contributed by atoms with Crippen LogP contribution in [0.4, 0.5) is 0 Å². The fraction of sp³-hybridized carbons (Fsp3) is 0.833. The number of rotatable bonds is 3. The number of likely N-dealkylation sites (N-methyl/N-ethyl adjacent to an activating group) is 1. The van der Waals surface area contributed by atoms with Crippen molar-refractivity contribution in [2.24, 2.45) is 5.73 Å². The zero-order valence-electron chi connectivity index (χ0n) is 10.8. The molecule has 1 atom stereocenters. The van der Waals surface area contributed by atoms with Crippen LogP contribution in [-0.4, -0.2) is 41.3 Å². The van der Waals surface area contributed by atoms with Crippen molar-refractivity contribution in [3.05, 3.63) is 11.7 Å². The van der Waals surface area contributed by atoms with Gasteiger partial charge in [0.1, 0.15) is 6.10 Å². The van der Waals surface area contributed by atoms with Gasteiger partial charge in [-0.3, -0.25) is 4.90 Å². The highest BCUT2D eigenvalue weighted by Gasteiger charge is 2.40. The van der Waals surface area contributed by atoms with Crippen molar-refractivity contribution in [2.75, 3.05) is 26.2 Å². The summed E-state index contributed by atoms with van der Waals surface area (Å²) in [5, 5.41) is 4.04. The first-order valence-corrected chi connectivity index (χ1v) is 6.68. The average molecular weight is 252 g/mol. The van der Waals surface area contributed by atoms with Crippen LogP contribution in [0.2, 0.25) is 0 Å². The smallest absolute Gasteiger partial charge is 0.246 e. The summed E-state index contributed by atoms with van der Waals surface area (Å²) in [6.07, 6.45) is 2.92. The first kappa shape index (κ1) is 12.1. The van der Waals surface area contributed by atoms with Gasteiger partial charge in [-0.05, 0) is 25.8 Å². The predicted molar refractivity (Wildman–Crippen MR) is 64.8 cm³/mol. The second-order valence-corrected chi connectivity index (χ2v) is 5.22. The Bertz CT molecular complexity index is 416. The van der Waals surface area contributed by atoms with Gasteiger partial charge in [-0.25, -0.2) is 0 Å². The van der Waals surface area contributed by atoms with E-state index in [-0.39, 0.29) is 11.6 Å². The molecule has 0 aromatic carbocycles. The van der Waals surface area contributed by atoms with Gasteiger partial charge in [0, 0.05) is 13.1 Å². The maximum absolute atomic E-state index is 6.17. The molecule has 1 aromatic rings. The van der Waals surface area contributed by atoms with Gasteiger partial charge in [-0.2, -0.15) is 4.98 Å². The van der Waals surface area contributed by atoms with Crippen LogP contribution in [0.15, 0.2) is 4.52 Å². The van der Waals surface area contributed by atoms with Crippen LogP contribution < -0.4 is 5.73 Å². The van der Waals surface area contributed by atoms with Gasteiger partial charge in [0.05, 0.1) is 12.1 Å². The van der Waals surface area contributed by atoms with Crippen LogP contribution in [-0.2, 0) is 10.3 Å². The van der Waals surface area contributed by atoms with Crippen LogP contribution >= 0.6 is 0 Å². The molecule has 1 aromatic heterocycles. The van der Waals surface area contributed by atoms with E-state index in [9.17, 15) is 0 Å². The van der Waals surface area contributed by atoms with E-state index in [4.69, 9.17) is 15.0 Å². The second-order valence-electron chi connectivity index (χ2n) is 5.22. The molecule has 18 heavy (non-hydrogen) atoms. The summed E-state index contributed by atoms with van der Waals surface area (Å²) in [5.74, 6) is 1.21. The lowest BCUT2D eigenvalue weighted by atomic mass is 9.78. The lowest BCUT2D eigenvalue weighted by molar-refractivity contribution is -0.0334. The van der Waals surface area contributed by atoms with Gasteiger partial charge in [0.25, 0.3) is 0 Å². The number of morpholine rings is 1. The average Bonchev–Trinajstić information content (AvgIpc) is 2.86. The third-order valence-corrected chi connectivity index (χ3v) is 4.00. The van der Waals surface area contributed by atoms with Crippen molar-refractivity contribution in [1.29, 1.82) is 0 Å². The number of hydrogen-bond acceptors (Lipinski definition) is 6. The molecule has 0 spiro atoms. The zero-order valence-corrected chi connectivity index (χ0v) is 10.8. The number of nitrogens with two attached hydrogens (primary N) is 1. The summed E-state index contributed by atoms with van der Waals surface area (Å²) in [6.45, 7) is 5.68. The molecule has 0 amide bonds. The van der Waals surface area contributed by atoms with Crippen LogP contribution in [0.3, 0.4) is 0 Å². The standard InChI is InChI=1S/C12H20N4O2/c1-2-16-6-7-17-9(8-16)10-14-11(18-15-10)12(13)4-3-5-12/h9H,2-8,13H2,1H3. The third kappa shape index (κ3) is 2.04. The van der Waals surface area contributed by atoms with E-state index in [1.54, 1.807) is 0 Å². The minimum Gasteiger partial charge on any atom is -0.367 e. The van der Waals surface area contributed by atoms with E-state index < -0.39 is 0 Å². The summed E-state index contributed by atoms with van der Waals surface area (Å²) in [7, 11) is 0.